The fourth-order valence-electron chi connectivity index (χ4n) is 2.10. The summed E-state index contributed by atoms with van der Waals surface area (Å²) < 4.78 is 10.6. The Morgan fingerprint density at radius 2 is 1.60 bits per heavy atom. The molecular formula is C18H19ClN2O4. The van der Waals surface area contributed by atoms with E-state index in [1.165, 1.54) is 0 Å². The van der Waals surface area contributed by atoms with Crippen molar-refractivity contribution in [2.45, 2.75) is 13.5 Å². The van der Waals surface area contributed by atoms with E-state index in [1.807, 2.05) is 6.92 Å². The van der Waals surface area contributed by atoms with E-state index in [0.29, 0.717) is 35.1 Å². The third kappa shape index (κ3) is 5.20. The molecule has 2 amide bonds. The van der Waals surface area contributed by atoms with Gasteiger partial charge in [-0.2, -0.15) is 0 Å². The first-order valence-electron chi connectivity index (χ1n) is 7.66. The third-order valence-electron chi connectivity index (χ3n) is 3.40. The quantitative estimate of drug-likeness (QED) is 0.774. The van der Waals surface area contributed by atoms with Crippen LogP contribution in [0.15, 0.2) is 42.5 Å². The number of hydrogen-bond acceptors (Lipinski definition) is 4. The van der Waals surface area contributed by atoms with Gasteiger partial charge < -0.3 is 9.47 Å². The maximum atomic E-state index is 12.2. The van der Waals surface area contributed by atoms with E-state index >= 15 is 0 Å². The Kier molecular flexibility index (Phi) is 6.80. The van der Waals surface area contributed by atoms with Crippen LogP contribution in [-0.4, -0.2) is 25.5 Å². The summed E-state index contributed by atoms with van der Waals surface area (Å²) in [5, 5.41) is 0.528. The molecule has 0 aliphatic rings. The predicted molar refractivity (Wildman–Crippen MR) is 94.7 cm³/mol. The zero-order valence-corrected chi connectivity index (χ0v) is 14.7. The lowest BCUT2D eigenvalue weighted by molar-refractivity contribution is 0.0846. The number of amides is 2. The molecule has 132 valence electrons. The molecule has 0 unspecified atom stereocenters. The fraction of sp³-hybridized carbons (Fsp3) is 0.222. The summed E-state index contributed by atoms with van der Waals surface area (Å²) in [5.41, 5.74) is 6.26. The van der Waals surface area contributed by atoms with E-state index < -0.39 is 11.8 Å². The van der Waals surface area contributed by atoms with Crippen molar-refractivity contribution in [3.8, 4) is 5.75 Å². The molecule has 0 aliphatic carbocycles. The number of hydrogen-bond donors (Lipinski definition) is 2. The van der Waals surface area contributed by atoms with Crippen LogP contribution < -0.4 is 15.6 Å². The molecule has 0 saturated carbocycles. The van der Waals surface area contributed by atoms with Crippen LogP contribution in [0.4, 0.5) is 0 Å². The fourth-order valence-corrected chi connectivity index (χ4v) is 2.23. The van der Waals surface area contributed by atoms with Crippen LogP contribution in [-0.2, 0) is 11.3 Å². The standard InChI is InChI=1S/C18H19ClN2O4/c1-3-25-11-14-10-13(6-9-16(14)24-2)18(23)21-20-17(22)12-4-7-15(19)8-5-12/h4-10H,3,11H2,1-2H3,(H,20,22)(H,21,23). The normalized spacial score (nSPS) is 10.2. The van der Waals surface area contributed by atoms with Crippen molar-refractivity contribution in [2.75, 3.05) is 13.7 Å². The van der Waals surface area contributed by atoms with Gasteiger partial charge in [-0.1, -0.05) is 11.6 Å². The Hall–Kier alpha value is -2.57. The highest BCUT2D eigenvalue weighted by Gasteiger charge is 2.12. The Bertz CT molecular complexity index is 747. The lowest BCUT2D eigenvalue weighted by Gasteiger charge is -2.12. The van der Waals surface area contributed by atoms with Gasteiger partial charge >= 0.3 is 0 Å². The van der Waals surface area contributed by atoms with E-state index in [2.05, 4.69) is 10.9 Å². The molecule has 2 aromatic carbocycles. The van der Waals surface area contributed by atoms with Gasteiger partial charge in [-0.05, 0) is 49.4 Å². The third-order valence-corrected chi connectivity index (χ3v) is 3.65. The average molecular weight is 363 g/mol. The topological polar surface area (TPSA) is 76.7 Å². The second-order valence-electron chi connectivity index (χ2n) is 5.08. The Morgan fingerprint density at radius 1 is 1.00 bits per heavy atom. The van der Waals surface area contributed by atoms with Gasteiger partial charge in [0.25, 0.3) is 11.8 Å². The van der Waals surface area contributed by atoms with Crippen LogP contribution in [0.25, 0.3) is 0 Å². The van der Waals surface area contributed by atoms with E-state index in [4.69, 9.17) is 21.1 Å². The largest absolute Gasteiger partial charge is 0.496 e. The number of nitrogens with one attached hydrogen (secondary N) is 2. The van der Waals surface area contributed by atoms with Crippen molar-refractivity contribution >= 4 is 23.4 Å². The SMILES string of the molecule is CCOCc1cc(C(=O)NNC(=O)c2ccc(Cl)cc2)ccc1OC. The second kappa shape index (κ2) is 9.05. The molecule has 25 heavy (non-hydrogen) atoms. The van der Waals surface area contributed by atoms with Crippen LogP contribution in [0.5, 0.6) is 5.75 Å². The van der Waals surface area contributed by atoms with Crippen molar-refractivity contribution in [1.82, 2.24) is 10.9 Å². The molecule has 2 aromatic rings. The summed E-state index contributed by atoms with van der Waals surface area (Å²) in [4.78, 5) is 24.2. The Labute approximate surface area is 151 Å². The van der Waals surface area contributed by atoms with Crippen molar-refractivity contribution in [1.29, 1.82) is 0 Å². The number of halogens is 1. The summed E-state index contributed by atoms with van der Waals surface area (Å²) in [6, 6.07) is 11.3. The van der Waals surface area contributed by atoms with E-state index in [1.54, 1.807) is 49.6 Å². The highest BCUT2D eigenvalue weighted by atomic mass is 35.5. The van der Waals surface area contributed by atoms with Crippen LogP contribution in [0, 0.1) is 0 Å². The Balaban J connectivity index is 2.02. The molecular weight excluding hydrogens is 344 g/mol. The zero-order chi connectivity index (χ0) is 18.2. The molecule has 0 fully saturated rings. The highest BCUT2D eigenvalue weighted by Crippen LogP contribution is 2.20. The number of hydrazine groups is 1. The van der Waals surface area contributed by atoms with Gasteiger partial charge in [0.2, 0.25) is 0 Å². The van der Waals surface area contributed by atoms with Gasteiger partial charge in [-0.3, -0.25) is 20.4 Å². The van der Waals surface area contributed by atoms with E-state index in [9.17, 15) is 9.59 Å². The summed E-state index contributed by atoms with van der Waals surface area (Å²) >= 11 is 5.78. The van der Waals surface area contributed by atoms with Crippen LogP contribution >= 0.6 is 11.6 Å². The summed E-state index contributed by atoms with van der Waals surface area (Å²) in [5.74, 6) is -0.244. The van der Waals surface area contributed by atoms with Crippen molar-refractivity contribution in [3.63, 3.8) is 0 Å². The lowest BCUT2D eigenvalue weighted by Crippen LogP contribution is -2.41. The van der Waals surface area contributed by atoms with Crippen LogP contribution in [0.1, 0.15) is 33.2 Å². The molecule has 0 aliphatic heterocycles. The minimum absolute atomic E-state index is 0.331. The number of carbonyl (C=O) groups excluding carboxylic acids is 2. The molecule has 2 N–H and O–H groups in total. The lowest BCUT2D eigenvalue weighted by atomic mass is 10.1. The van der Waals surface area contributed by atoms with Crippen LogP contribution in [0.2, 0.25) is 5.02 Å². The van der Waals surface area contributed by atoms with Crippen molar-refractivity contribution < 1.29 is 19.1 Å². The van der Waals surface area contributed by atoms with Gasteiger partial charge in [0, 0.05) is 28.3 Å². The molecule has 6 nitrogen and oxygen atoms in total. The minimum Gasteiger partial charge on any atom is -0.496 e. The maximum Gasteiger partial charge on any atom is 0.269 e. The molecule has 0 saturated heterocycles. The van der Waals surface area contributed by atoms with Gasteiger partial charge in [0.05, 0.1) is 13.7 Å². The smallest absolute Gasteiger partial charge is 0.269 e. The van der Waals surface area contributed by atoms with Gasteiger partial charge in [-0.15, -0.1) is 0 Å². The average Bonchev–Trinajstić information content (AvgIpc) is 2.64. The number of methoxy groups -OCH3 is 1. The summed E-state index contributed by atoms with van der Waals surface area (Å²) in [6.07, 6.45) is 0. The van der Waals surface area contributed by atoms with E-state index in [-0.39, 0.29) is 0 Å². The molecule has 0 radical (unpaired) electrons. The number of ether oxygens (including phenoxy) is 2. The molecule has 0 aromatic heterocycles. The predicted octanol–water partition coefficient (Wildman–Crippen LogP) is 2.96. The van der Waals surface area contributed by atoms with Crippen LogP contribution in [0.3, 0.4) is 0 Å². The highest BCUT2D eigenvalue weighted by molar-refractivity contribution is 6.30. The molecule has 0 atom stereocenters. The number of rotatable bonds is 6. The molecule has 2 rings (SSSR count). The summed E-state index contributed by atoms with van der Waals surface area (Å²) in [7, 11) is 1.55. The Morgan fingerprint density at radius 3 is 2.20 bits per heavy atom. The number of benzene rings is 2. The molecule has 0 spiro atoms. The van der Waals surface area contributed by atoms with Crippen molar-refractivity contribution in [2.24, 2.45) is 0 Å². The van der Waals surface area contributed by atoms with Gasteiger partial charge in [0.1, 0.15) is 5.75 Å². The maximum absolute atomic E-state index is 12.2. The molecule has 0 heterocycles. The summed E-state index contributed by atoms with van der Waals surface area (Å²) in [6.45, 7) is 2.77. The van der Waals surface area contributed by atoms with E-state index in [0.717, 1.165) is 5.56 Å². The first-order chi connectivity index (χ1) is 12.0. The molecule has 0 bridgehead atoms. The van der Waals surface area contributed by atoms with Gasteiger partial charge in [-0.25, -0.2) is 0 Å². The van der Waals surface area contributed by atoms with Crippen molar-refractivity contribution in [3.05, 3.63) is 64.2 Å². The second-order valence-corrected chi connectivity index (χ2v) is 5.52. The van der Waals surface area contributed by atoms with Gasteiger partial charge in [0.15, 0.2) is 0 Å². The zero-order valence-electron chi connectivity index (χ0n) is 14.0. The first-order valence-corrected chi connectivity index (χ1v) is 8.03. The number of carbonyl (C=O) groups is 2. The molecule has 7 heteroatoms. The first kappa shape index (κ1) is 18.8. The minimum atomic E-state index is -0.442. The monoisotopic (exact) mass is 362 g/mol.